The average Bonchev–Trinajstić information content (AvgIpc) is 2.74. The van der Waals surface area contributed by atoms with Gasteiger partial charge < -0.3 is 5.11 Å². The molecule has 1 saturated carbocycles. The van der Waals surface area contributed by atoms with E-state index >= 15 is 0 Å². The Morgan fingerprint density at radius 3 is 2.65 bits per heavy atom. The fourth-order valence-electron chi connectivity index (χ4n) is 2.58. The maximum atomic E-state index is 14.1. The van der Waals surface area contributed by atoms with Gasteiger partial charge in [-0.15, -0.1) is 0 Å². The normalized spacial score (nSPS) is 17.8. The first-order valence-electron chi connectivity index (χ1n) is 5.68. The average molecular weight is 235 g/mol. The van der Waals surface area contributed by atoms with E-state index in [1.165, 1.54) is 18.2 Å². The lowest BCUT2D eigenvalue weighted by atomic mass is 9.86. The van der Waals surface area contributed by atoms with Crippen molar-refractivity contribution in [2.24, 2.45) is 4.99 Å². The maximum Gasteiger partial charge on any atom is 0.235 e. The molecule has 1 aliphatic rings. The molecular weight excluding hydrogens is 221 g/mol. The van der Waals surface area contributed by atoms with Gasteiger partial charge in [-0.2, -0.15) is 4.99 Å². The van der Waals surface area contributed by atoms with Gasteiger partial charge in [0.25, 0.3) is 0 Å². The zero-order valence-corrected chi connectivity index (χ0v) is 9.66. The standard InChI is InChI=1S/C13H14FNO2/c1-9-4-5-10(17)11(12(9)14)13(15-8-16)6-2-3-7-13/h4-5,17H,2-3,6-7H2,1H3. The van der Waals surface area contributed by atoms with E-state index in [4.69, 9.17) is 0 Å². The van der Waals surface area contributed by atoms with Crippen LogP contribution >= 0.6 is 0 Å². The third kappa shape index (κ3) is 1.85. The lowest BCUT2D eigenvalue weighted by Gasteiger charge is -2.24. The molecule has 0 saturated heterocycles. The fraction of sp³-hybridized carbons (Fsp3) is 0.462. The Balaban J connectivity index is 2.65. The summed E-state index contributed by atoms with van der Waals surface area (Å²) < 4.78 is 14.1. The number of aryl methyl sites for hydroxylation is 1. The van der Waals surface area contributed by atoms with Crippen molar-refractivity contribution in [2.75, 3.05) is 0 Å². The monoisotopic (exact) mass is 235 g/mol. The number of benzene rings is 1. The highest BCUT2D eigenvalue weighted by atomic mass is 19.1. The first-order chi connectivity index (χ1) is 8.10. The largest absolute Gasteiger partial charge is 0.507 e. The number of rotatable bonds is 2. The summed E-state index contributed by atoms with van der Waals surface area (Å²) >= 11 is 0. The van der Waals surface area contributed by atoms with Crippen LogP contribution in [-0.4, -0.2) is 11.2 Å². The molecule has 4 heteroatoms. The number of halogens is 1. The summed E-state index contributed by atoms with van der Waals surface area (Å²) in [6.07, 6.45) is 4.43. The molecule has 17 heavy (non-hydrogen) atoms. The zero-order chi connectivity index (χ0) is 12.5. The molecule has 0 atom stereocenters. The molecule has 3 nitrogen and oxygen atoms in total. The summed E-state index contributed by atoms with van der Waals surface area (Å²) in [7, 11) is 0. The van der Waals surface area contributed by atoms with Crippen molar-refractivity contribution >= 4 is 6.08 Å². The highest BCUT2D eigenvalue weighted by Gasteiger charge is 2.40. The van der Waals surface area contributed by atoms with E-state index < -0.39 is 11.4 Å². The van der Waals surface area contributed by atoms with Crippen molar-refractivity contribution in [3.05, 3.63) is 29.1 Å². The third-order valence-electron chi connectivity index (χ3n) is 3.47. The predicted molar refractivity (Wildman–Crippen MR) is 61.1 cm³/mol. The quantitative estimate of drug-likeness (QED) is 0.633. The van der Waals surface area contributed by atoms with E-state index in [1.807, 2.05) is 0 Å². The summed E-state index contributed by atoms with van der Waals surface area (Å²) in [5.74, 6) is -0.597. The lowest BCUT2D eigenvalue weighted by Crippen LogP contribution is -2.21. The first kappa shape index (κ1) is 11.8. The van der Waals surface area contributed by atoms with Crippen LogP contribution in [0.1, 0.15) is 36.8 Å². The Labute approximate surface area is 99.0 Å². The fourth-order valence-corrected chi connectivity index (χ4v) is 2.58. The number of hydrogen-bond acceptors (Lipinski definition) is 3. The molecule has 0 aromatic heterocycles. The molecule has 0 spiro atoms. The SMILES string of the molecule is Cc1ccc(O)c(C2(N=C=O)CCCC2)c1F. The second-order valence-electron chi connectivity index (χ2n) is 4.53. The van der Waals surface area contributed by atoms with Gasteiger partial charge in [0.2, 0.25) is 6.08 Å². The van der Waals surface area contributed by atoms with Crippen molar-refractivity contribution in [1.29, 1.82) is 0 Å². The second kappa shape index (κ2) is 4.30. The number of aliphatic imine (C=N–C) groups is 1. The van der Waals surface area contributed by atoms with Crippen LogP contribution in [0.3, 0.4) is 0 Å². The zero-order valence-electron chi connectivity index (χ0n) is 9.66. The number of hydrogen-bond donors (Lipinski definition) is 1. The van der Waals surface area contributed by atoms with Crippen molar-refractivity contribution in [3.8, 4) is 5.75 Å². The minimum Gasteiger partial charge on any atom is -0.507 e. The van der Waals surface area contributed by atoms with Gasteiger partial charge in [-0.1, -0.05) is 18.9 Å². The highest BCUT2D eigenvalue weighted by molar-refractivity contribution is 5.46. The van der Waals surface area contributed by atoms with Crippen LogP contribution in [0.4, 0.5) is 4.39 Å². The molecule has 0 amide bonds. The summed E-state index contributed by atoms with van der Waals surface area (Å²) in [5.41, 5.74) is -0.314. The molecule has 90 valence electrons. The van der Waals surface area contributed by atoms with Crippen molar-refractivity contribution in [1.82, 2.24) is 0 Å². The van der Waals surface area contributed by atoms with Crippen molar-refractivity contribution in [2.45, 2.75) is 38.1 Å². The van der Waals surface area contributed by atoms with Gasteiger partial charge in [0.1, 0.15) is 17.1 Å². The van der Waals surface area contributed by atoms with Crippen LogP contribution in [0.5, 0.6) is 5.75 Å². The van der Waals surface area contributed by atoms with Gasteiger partial charge in [0, 0.05) is 0 Å². The van der Waals surface area contributed by atoms with Crippen LogP contribution in [0.15, 0.2) is 17.1 Å². The molecule has 0 bridgehead atoms. The van der Waals surface area contributed by atoms with Crippen LogP contribution < -0.4 is 0 Å². The van der Waals surface area contributed by atoms with Gasteiger partial charge in [-0.05, 0) is 31.4 Å². The Bertz CT molecular complexity index is 486. The van der Waals surface area contributed by atoms with Crippen LogP contribution in [0.2, 0.25) is 0 Å². The molecule has 1 aliphatic carbocycles. The molecular formula is C13H14FNO2. The minimum atomic E-state index is -0.915. The number of phenolic OH excluding ortho intramolecular Hbond substituents is 1. The number of phenols is 1. The molecule has 0 aliphatic heterocycles. The van der Waals surface area contributed by atoms with Gasteiger partial charge in [0.15, 0.2) is 0 Å². The highest BCUT2D eigenvalue weighted by Crippen LogP contribution is 2.46. The van der Waals surface area contributed by atoms with Crippen molar-refractivity contribution < 1.29 is 14.3 Å². The molecule has 1 aromatic rings. The van der Waals surface area contributed by atoms with Crippen LogP contribution in [-0.2, 0) is 10.3 Å². The molecule has 0 heterocycles. The maximum absolute atomic E-state index is 14.1. The summed E-state index contributed by atoms with van der Waals surface area (Å²) in [5, 5.41) is 9.84. The minimum absolute atomic E-state index is 0.131. The van der Waals surface area contributed by atoms with Crippen LogP contribution in [0.25, 0.3) is 0 Å². The molecule has 1 fully saturated rings. The smallest absolute Gasteiger partial charge is 0.235 e. The molecule has 2 rings (SSSR count). The molecule has 1 N–H and O–H groups in total. The molecule has 0 radical (unpaired) electrons. The van der Waals surface area contributed by atoms with E-state index in [2.05, 4.69) is 4.99 Å². The predicted octanol–water partition coefficient (Wildman–Crippen LogP) is 2.94. The van der Waals surface area contributed by atoms with E-state index in [0.29, 0.717) is 18.4 Å². The number of isocyanates is 1. The number of nitrogens with zero attached hydrogens (tertiary/aromatic N) is 1. The number of carbonyl (C=O) groups excluding carboxylic acids is 1. The first-order valence-corrected chi connectivity index (χ1v) is 5.68. The van der Waals surface area contributed by atoms with Gasteiger partial charge >= 0.3 is 0 Å². The third-order valence-corrected chi connectivity index (χ3v) is 3.47. The van der Waals surface area contributed by atoms with Crippen molar-refractivity contribution in [3.63, 3.8) is 0 Å². The Morgan fingerprint density at radius 2 is 2.06 bits per heavy atom. The summed E-state index contributed by atoms with van der Waals surface area (Å²) in [6, 6.07) is 2.97. The van der Waals surface area contributed by atoms with E-state index in [-0.39, 0.29) is 11.3 Å². The molecule has 0 unspecified atom stereocenters. The molecule has 1 aromatic carbocycles. The Kier molecular flexibility index (Phi) is 2.99. The summed E-state index contributed by atoms with van der Waals surface area (Å²) in [4.78, 5) is 14.3. The lowest BCUT2D eigenvalue weighted by molar-refractivity contribution is 0.387. The summed E-state index contributed by atoms with van der Waals surface area (Å²) in [6.45, 7) is 1.63. The Morgan fingerprint density at radius 1 is 1.41 bits per heavy atom. The van der Waals surface area contributed by atoms with Gasteiger partial charge in [0.05, 0.1) is 5.56 Å². The number of aromatic hydroxyl groups is 1. The van der Waals surface area contributed by atoms with Crippen LogP contribution in [0, 0.1) is 12.7 Å². The topological polar surface area (TPSA) is 49.7 Å². The van der Waals surface area contributed by atoms with Gasteiger partial charge in [-0.3, -0.25) is 0 Å². The van der Waals surface area contributed by atoms with Gasteiger partial charge in [-0.25, -0.2) is 9.18 Å². The second-order valence-corrected chi connectivity index (χ2v) is 4.53. The van der Waals surface area contributed by atoms with E-state index in [9.17, 15) is 14.3 Å². The van der Waals surface area contributed by atoms with E-state index in [1.54, 1.807) is 6.92 Å². The van der Waals surface area contributed by atoms with E-state index in [0.717, 1.165) is 12.8 Å². The Hall–Kier alpha value is -1.67.